The molecule has 2 amide bonds. The number of nitrogens with zero attached hydrogens (tertiary/aromatic N) is 4. The third-order valence-electron chi connectivity index (χ3n) is 3.74. The molecule has 144 valence electrons. The van der Waals surface area contributed by atoms with Gasteiger partial charge in [-0.25, -0.2) is 0 Å². The van der Waals surface area contributed by atoms with Crippen LogP contribution in [-0.2, 0) is 14.3 Å². The van der Waals surface area contributed by atoms with E-state index >= 15 is 0 Å². The summed E-state index contributed by atoms with van der Waals surface area (Å²) in [6.45, 7) is 1.22. The second-order valence-electron chi connectivity index (χ2n) is 5.51. The Kier molecular flexibility index (Phi) is 6.29. The summed E-state index contributed by atoms with van der Waals surface area (Å²) in [5.74, 6) is -0.716. The zero-order valence-electron chi connectivity index (χ0n) is 14.2. The maximum Gasteiger partial charge on any atom is 0.316 e. The number of thioether (sulfide) groups is 1. The molecule has 27 heavy (non-hydrogen) atoms. The van der Waals surface area contributed by atoms with Crippen LogP contribution in [0.15, 0.2) is 27.2 Å². The molecule has 3 heterocycles. The normalized spacial score (nSPS) is 14.2. The first kappa shape index (κ1) is 19.2. The Morgan fingerprint density at radius 2 is 1.96 bits per heavy atom. The van der Waals surface area contributed by atoms with Crippen molar-refractivity contribution in [2.45, 2.75) is 4.34 Å². The number of carbonyl (C=O) groups is 3. The summed E-state index contributed by atoms with van der Waals surface area (Å²) < 4.78 is 10.7. The number of ether oxygens (including phenoxy) is 1. The standard InChI is InChI=1S/C15H17N5O5S2/c16-14-17-18-15(27-14)26-9-12(22)25-8-11(21)19-3-5-20(6-4-19)13(23)10-2-1-7-24-10/h1-2,7H,3-6,8-9H2,(H2,16,17). The number of furan rings is 1. The molecule has 12 heteroatoms. The van der Waals surface area contributed by atoms with E-state index < -0.39 is 5.97 Å². The molecule has 0 atom stereocenters. The zero-order chi connectivity index (χ0) is 19.2. The van der Waals surface area contributed by atoms with Gasteiger partial charge in [-0.15, -0.1) is 10.2 Å². The molecule has 0 saturated carbocycles. The van der Waals surface area contributed by atoms with Gasteiger partial charge in [0.05, 0.1) is 12.0 Å². The molecule has 1 aliphatic rings. The average Bonchev–Trinajstić information content (AvgIpc) is 3.36. The van der Waals surface area contributed by atoms with Crippen LogP contribution in [0.25, 0.3) is 0 Å². The van der Waals surface area contributed by atoms with Crippen molar-refractivity contribution in [3.8, 4) is 0 Å². The predicted molar refractivity (Wildman–Crippen MR) is 97.2 cm³/mol. The number of amides is 2. The number of hydrogen-bond acceptors (Lipinski definition) is 10. The number of esters is 1. The van der Waals surface area contributed by atoms with Gasteiger partial charge in [-0.1, -0.05) is 23.1 Å². The molecule has 0 unspecified atom stereocenters. The second-order valence-corrected chi connectivity index (χ2v) is 7.74. The van der Waals surface area contributed by atoms with Crippen LogP contribution in [0.2, 0.25) is 0 Å². The maximum absolute atomic E-state index is 12.2. The molecule has 2 aromatic heterocycles. The highest BCUT2D eigenvalue weighted by Crippen LogP contribution is 2.23. The van der Waals surface area contributed by atoms with Crippen molar-refractivity contribution in [3.05, 3.63) is 24.2 Å². The van der Waals surface area contributed by atoms with Gasteiger partial charge in [-0.05, 0) is 12.1 Å². The lowest BCUT2D eigenvalue weighted by molar-refractivity contribution is -0.150. The molecule has 10 nitrogen and oxygen atoms in total. The lowest BCUT2D eigenvalue weighted by atomic mass is 10.3. The third kappa shape index (κ3) is 5.20. The maximum atomic E-state index is 12.2. The quantitative estimate of drug-likeness (QED) is 0.527. The van der Waals surface area contributed by atoms with Crippen LogP contribution in [0.3, 0.4) is 0 Å². The summed E-state index contributed by atoms with van der Waals surface area (Å²) in [6, 6.07) is 3.26. The van der Waals surface area contributed by atoms with E-state index in [1.807, 2.05) is 0 Å². The van der Waals surface area contributed by atoms with Crippen LogP contribution in [0.4, 0.5) is 5.13 Å². The molecule has 1 aliphatic heterocycles. The monoisotopic (exact) mass is 411 g/mol. The minimum Gasteiger partial charge on any atom is -0.459 e. The minimum atomic E-state index is -0.520. The lowest BCUT2D eigenvalue weighted by Crippen LogP contribution is -2.51. The first-order valence-corrected chi connectivity index (χ1v) is 9.81. The number of aromatic nitrogens is 2. The first-order valence-electron chi connectivity index (χ1n) is 8.01. The molecule has 2 aromatic rings. The van der Waals surface area contributed by atoms with Gasteiger partial charge in [0.1, 0.15) is 0 Å². The van der Waals surface area contributed by atoms with Crippen LogP contribution < -0.4 is 5.73 Å². The summed E-state index contributed by atoms with van der Waals surface area (Å²) in [5.41, 5.74) is 5.46. The van der Waals surface area contributed by atoms with Crippen LogP contribution in [0, 0.1) is 0 Å². The molecule has 0 aromatic carbocycles. The van der Waals surface area contributed by atoms with Gasteiger partial charge in [0.15, 0.2) is 16.7 Å². The average molecular weight is 411 g/mol. The Bertz CT molecular complexity index is 801. The van der Waals surface area contributed by atoms with Crippen molar-refractivity contribution >= 4 is 46.0 Å². The smallest absolute Gasteiger partial charge is 0.316 e. The van der Waals surface area contributed by atoms with Crippen molar-refractivity contribution in [1.29, 1.82) is 0 Å². The number of nitrogens with two attached hydrogens (primary N) is 1. The molecule has 0 bridgehead atoms. The highest BCUT2D eigenvalue weighted by atomic mass is 32.2. The van der Waals surface area contributed by atoms with Crippen LogP contribution in [0.5, 0.6) is 0 Å². The number of hydrogen-bond donors (Lipinski definition) is 1. The summed E-state index contributed by atoms with van der Waals surface area (Å²) in [5, 5.41) is 7.75. The number of anilines is 1. The van der Waals surface area contributed by atoms with Crippen molar-refractivity contribution < 1.29 is 23.5 Å². The van der Waals surface area contributed by atoms with Crippen molar-refractivity contribution in [1.82, 2.24) is 20.0 Å². The van der Waals surface area contributed by atoms with E-state index in [2.05, 4.69) is 10.2 Å². The van der Waals surface area contributed by atoms with Gasteiger partial charge >= 0.3 is 5.97 Å². The van der Waals surface area contributed by atoms with Crippen LogP contribution in [-0.4, -0.2) is 76.3 Å². The molecule has 1 saturated heterocycles. The van der Waals surface area contributed by atoms with Gasteiger partial charge in [0, 0.05) is 26.2 Å². The number of carbonyl (C=O) groups excluding carboxylic acids is 3. The largest absolute Gasteiger partial charge is 0.459 e. The molecule has 0 spiro atoms. The van der Waals surface area contributed by atoms with Gasteiger partial charge in [-0.2, -0.15) is 0 Å². The fourth-order valence-corrected chi connectivity index (χ4v) is 3.82. The van der Waals surface area contributed by atoms with E-state index in [0.29, 0.717) is 35.7 Å². The Labute approximate surface area is 162 Å². The van der Waals surface area contributed by atoms with Gasteiger partial charge < -0.3 is 24.7 Å². The van der Waals surface area contributed by atoms with E-state index in [1.54, 1.807) is 21.9 Å². The Balaban J connectivity index is 1.36. The topological polar surface area (TPSA) is 132 Å². The number of piperazine rings is 1. The molecule has 1 fully saturated rings. The van der Waals surface area contributed by atoms with Gasteiger partial charge in [0.2, 0.25) is 5.13 Å². The predicted octanol–water partition coefficient (Wildman–Crippen LogP) is 0.333. The van der Waals surface area contributed by atoms with Crippen LogP contribution in [0.1, 0.15) is 10.6 Å². The second kappa shape index (κ2) is 8.86. The highest BCUT2D eigenvalue weighted by Gasteiger charge is 2.26. The third-order valence-corrected chi connectivity index (χ3v) is 5.60. The Hall–Kier alpha value is -2.60. The molecule has 2 N–H and O–H groups in total. The Morgan fingerprint density at radius 1 is 1.22 bits per heavy atom. The van der Waals surface area contributed by atoms with Gasteiger partial charge in [-0.3, -0.25) is 14.4 Å². The molecule has 0 aliphatic carbocycles. The Morgan fingerprint density at radius 3 is 2.59 bits per heavy atom. The molecular formula is C15H17N5O5S2. The number of rotatable bonds is 6. The zero-order valence-corrected chi connectivity index (χ0v) is 15.8. The van der Waals surface area contributed by atoms with Gasteiger partial charge in [0.25, 0.3) is 11.8 Å². The van der Waals surface area contributed by atoms with Crippen molar-refractivity contribution in [2.75, 3.05) is 44.3 Å². The summed E-state index contributed by atoms with van der Waals surface area (Å²) in [7, 11) is 0. The lowest BCUT2D eigenvalue weighted by Gasteiger charge is -2.34. The number of nitrogen functional groups attached to an aromatic ring is 1. The molecular weight excluding hydrogens is 394 g/mol. The fourth-order valence-electron chi connectivity index (χ4n) is 2.39. The van der Waals surface area contributed by atoms with E-state index in [9.17, 15) is 14.4 Å². The first-order chi connectivity index (χ1) is 13.0. The minimum absolute atomic E-state index is 0.0212. The van der Waals surface area contributed by atoms with Crippen molar-refractivity contribution in [2.24, 2.45) is 0 Å². The fraction of sp³-hybridized carbons (Fsp3) is 0.400. The van der Waals surface area contributed by atoms with Crippen LogP contribution >= 0.6 is 23.1 Å². The van der Waals surface area contributed by atoms with Crippen molar-refractivity contribution in [3.63, 3.8) is 0 Å². The van der Waals surface area contributed by atoms with E-state index in [0.717, 1.165) is 11.8 Å². The van der Waals surface area contributed by atoms with E-state index in [1.165, 1.54) is 17.6 Å². The summed E-state index contributed by atoms with van der Waals surface area (Å²) in [4.78, 5) is 39.3. The molecule has 3 rings (SSSR count). The SMILES string of the molecule is Nc1nnc(SCC(=O)OCC(=O)N2CCN(C(=O)c3ccco3)CC2)s1. The summed E-state index contributed by atoms with van der Waals surface area (Å²) >= 11 is 2.33. The molecule has 0 radical (unpaired) electrons. The highest BCUT2D eigenvalue weighted by molar-refractivity contribution is 8.01. The summed E-state index contributed by atoms with van der Waals surface area (Å²) in [6.07, 6.45) is 1.44. The van der Waals surface area contributed by atoms with E-state index in [-0.39, 0.29) is 29.9 Å². The van der Waals surface area contributed by atoms with E-state index in [4.69, 9.17) is 14.9 Å².